The van der Waals surface area contributed by atoms with Crippen molar-refractivity contribution >= 4 is 0 Å². The Labute approximate surface area is 106 Å². The van der Waals surface area contributed by atoms with Crippen LogP contribution in [0.15, 0.2) is 0 Å². The van der Waals surface area contributed by atoms with Crippen molar-refractivity contribution < 1.29 is 14.3 Å². The maximum atomic E-state index is 10.1. The van der Waals surface area contributed by atoms with Crippen molar-refractivity contribution in [3.05, 3.63) is 0 Å². The van der Waals surface area contributed by atoms with E-state index in [-0.39, 0.29) is 6.10 Å². The van der Waals surface area contributed by atoms with Gasteiger partial charge in [-0.1, -0.05) is 13.3 Å². The fourth-order valence-corrected chi connectivity index (χ4v) is 2.78. The number of unbranched alkanes of at least 4 members (excludes halogenated alkanes) is 1. The summed E-state index contributed by atoms with van der Waals surface area (Å²) >= 11 is 0. The molecule has 0 saturated carbocycles. The molecule has 0 aromatic heterocycles. The SMILES string of the molecule is CCCCOCC(O)C[N+]1(CC)CCCCC1. The number of likely N-dealkylation sites (tertiary alicyclic amines) is 1. The molecule has 1 rings (SSSR count). The Morgan fingerprint density at radius 3 is 2.47 bits per heavy atom. The highest BCUT2D eigenvalue weighted by molar-refractivity contribution is 4.59. The first-order valence-corrected chi connectivity index (χ1v) is 7.33. The standard InChI is InChI=1S/C14H30NO2/c1-3-5-11-17-13-14(16)12-15(4-2)9-7-6-8-10-15/h14,16H,3-13H2,1-2H3/q+1. The molecule has 0 aliphatic carbocycles. The van der Waals surface area contributed by atoms with Gasteiger partial charge >= 0.3 is 0 Å². The topological polar surface area (TPSA) is 29.5 Å². The van der Waals surface area contributed by atoms with Gasteiger partial charge < -0.3 is 14.3 Å². The fourth-order valence-electron chi connectivity index (χ4n) is 2.78. The van der Waals surface area contributed by atoms with Crippen LogP contribution in [-0.4, -0.2) is 55.1 Å². The van der Waals surface area contributed by atoms with Gasteiger partial charge in [-0.3, -0.25) is 0 Å². The van der Waals surface area contributed by atoms with Gasteiger partial charge in [0.05, 0.1) is 26.2 Å². The lowest BCUT2D eigenvalue weighted by atomic mass is 10.1. The van der Waals surface area contributed by atoms with E-state index in [2.05, 4.69) is 13.8 Å². The number of aliphatic hydroxyl groups excluding tert-OH is 1. The summed E-state index contributed by atoms with van der Waals surface area (Å²) in [4.78, 5) is 0. The molecule has 0 bridgehead atoms. The van der Waals surface area contributed by atoms with Gasteiger partial charge in [0, 0.05) is 6.61 Å². The van der Waals surface area contributed by atoms with Crippen LogP contribution < -0.4 is 0 Å². The van der Waals surface area contributed by atoms with Crippen molar-refractivity contribution in [1.29, 1.82) is 0 Å². The van der Waals surface area contributed by atoms with Crippen LogP contribution in [0.25, 0.3) is 0 Å². The summed E-state index contributed by atoms with van der Waals surface area (Å²) < 4.78 is 6.60. The normalized spacial score (nSPS) is 21.4. The van der Waals surface area contributed by atoms with Crippen molar-refractivity contribution in [1.82, 2.24) is 0 Å². The summed E-state index contributed by atoms with van der Waals surface area (Å²) in [6, 6.07) is 0. The molecule has 1 atom stereocenters. The number of rotatable bonds is 8. The van der Waals surface area contributed by atoms with Gasteiger partial charge in [0.25, 0.3) is 0 Å². The van der Waals surface area contributed by atoms with E-state index in [4.69, 9.17) is 4.74 Å². The predicted molar refractivity (Wildman–Crippen MR) is 71.0 cm³/mol. The summed E-state index contributed by atoms with van der Waals surface area (Å²) in [6.07, 6.45) is 5.97. The largest absolute Gasteiger partial charge is 0.385 e. The highest BCUT2D eigenvalue weighted by atomic mass is 16.5. The Bertz CT molecular complexity index is 191. The molecule has 1 heterocycles. The van der Waals surface area contributed by atoms with Crippen LogP contribution in [0, 0.1) is 0 Å². The van der Waals surface area contributed by atoms with E-state index >= 15 is 0 Å². The highest BCUT2D eigenvalue weighted by Gasteiger charge is 2.30. The molecule has 0 aromatic carbocycles. The van der Waals surface area contributed by atoms with Gasteiger partial charge in [-0.15, -0.1) is 0 Å². The molecule has 1 saturated heterocycles. The number of hydrogen-bond acceptors (Lipinski definition) is 2. The first-order valence-electron chi connectivity index (χ1n) is 7.33. The van der Waals surface area contributed by atoms with Gasteiger partial charge in [0.15, 0.2) is 0 Å². The molecule has 1 unspecified atom stereocenters. The van der Waals surface area contributed by atoms with Crippen LogP contribution in [0.2, 0.25) is 0 Å². The first kappa shape index (κ1) is 14.9. The quantitative estimate of drug-likeness (QED) is 0.524. The summed E-state index contributed by atoms with van der Waals surface area (Å²) in [6.45, 7) is 10.2. The average molecular weight is 244 g/mol. The van der Waals surface area contributed by atoms with Crippen molar-refractivity contribution in [2.45, 2.75) is 52.1 Å². The van der Waals surface area contributed by atoms with Crippen LogP contribution in [0.3, 0.4) is 0 Å². The Morgan fingerprint density at radius 2 is 1.88 bits per heavy atom. The maximum absolute atomic E-state index is 10.1. The van der Waals surface area contributed by atoms with Crippen LogP contribution in [0.5, 0.6) is 0 Å². The Balaban J connectivity index is 2.24. The first-order chi connectivity index (χ1) is 8.22. The van der Waals surface area contributed by atoms with E-state index in [9.17, 15) is 5.11 Å². The molecule has 1 fully saturated rings. The molecule has 0 amide bonds. The molecule has 0 radical (unpaired) electrons. The summed E-state index contributed by atoms with van der Waals surface area (Å²) in [5, 5.41) is 10.1. The van der Waals surface area contributed by atoms with Crippen molar-refractivity contribution in [2.24, 2.45) is 0 Å². The second kappa shape index (κ2) is 8.06. The summed E-state index contributed by atoms with van der Waals surface area (Å²) in [7, 11) is 0. The van der Waals surface area contributed by atoms with E-state index in [0.717, 1.165) is 37.0 Å². The van der Waals surface area contributed by atoms with Crippen molar-refractivity contribution in [3.63, 3.8) is 0 Å². The number of likely N-dealkylation sites (N-methyl/N-ethyl adjacent to an activating group) is 1. The molecular formula is C14H30NO2+. The smallest absolute Gasteiger partial charge is 0.126 e. The third kappa shape index (κ3) is 5.36. The van der Waals surface area contributed by atoms with Crippen molar-refractivity contribution in [2.75, 3.05) is 39.4 Å². The van der Waals surface area contributed by atoms with Crippen LogP contribution >= 0.6 is 0 Å². The Morgan fingerprint density at radius 1 is 1.18 bits per heavy atom. The van der Waals surface area contributed by atoms with Gasteiger partial charge in [0.1, 0.15) is 12.6 Å². The third-order valence-corrected chi connectivity index (χ3v) is 3.99. The summed E-state index contributed by atoms with van der Waals surface area (Å²) in [5.74, 6) is 0. The van der Waals surface area contributed by atoms with E-state index in [1.165, 1.54) is 32.4 Å². The molecule has 1 aliphatic rings. The second-order valence-electron chi connectivity index (χ2n) is 5.43. The zero-order valence-electron chi connectivity index (χ0n) is 11.7. The lowest BCUT2D eigenvalue weighted by molar-refractivity contribution is -0.933. The zero-order valence-corrected chi connectivity index (χ0v) is 11.7. The number of aliphatic hydroxyl groups is 1. The van der Waals surface area contributed by atoms with Gasteiger partial charge in [-0.25, -0.2) is 0 Å². The van der Waals surface area contributed by atoms with Crippen molar-refractivity contribution in [3.8, 4) is 0 Å². The minimum Gasteiger partial charge on any atom is -0.385 e. The lowest BCUT2D eigenvalue weighted by Gasteiger charge is -2.42. The average Bonchev–Trinajstić information content (AvgIpc) is 2.36. The molecule has 3 nitrogen and oxygen atoms in total. The van der Waals surface area contributed by atoms with Gasteiger partial charge in [0.2, 0.25) is 0 Å². The number of ether oxygens (including phenoxy) is 1. The molecule has 0 aromatic rings. The van der Waals surface area contributed by atoms with Crippen LogP contribution in [-0.2, 0) is 4.74 Å². The minimum atomic E-state index is -0.287. The molecule has 17 heavy (non-hydrogen) atoms. The van der Waals surface area contributed by atoms with Gasteiger partial charge in [-0.05, 0) is 32.6 Å². The minimum absolute atomic E-state index is 0.287. The molecule has 3 heteroatoms. The molecule has 1 aliphatic heterocycles. The zero-order chi connectivity index (χ0) is 12.6. The van der Waals surface area contributed by atoms with E-state index < -0.39 is 0 Å². The molecule has 102 valence electrons. The number of quaternary nitrogens is 1. The Kier molecular flexibility index (Phi) is 7.09. The number of piperidine rings is 1. The van der Waals surface area contributed by atoms with Crippen LogP contribution in [0.4, 0.5) is 0 Å². The van der Waals surface area contributed by atoms with Crippen LogP contribution in [0.1, 0.15) is 46.0 Å². The molecular weight excluding hydrogens is 214 g/mol. The number of nitrogens with zero attached hydrogens (tertiary/aromatic N) is 1. The van der Waals surface area contributed by atoms with Gasteiger partial charge in [-0.2, -0.15) is 0 Å². The fraction of sp³-hybridized carbons (Fsp3) is 1.00. The predicted octanol–water partition coefficient (Wildman–Crippen LogP) is 2.18. The van der Waals surface area contributed by atoms with E-state index in [1.54, 1.807) is 0 Å². The lowest BCUT2D eigenvalue weighted by Crippen LogP contribution is -2.55. The number of hydrogen-bond donors (Lipinski definition) is 1. The molecule has 0 spiro atoms. The molecule has 1 N–H and O–H groups in total. The maximum Gasteiger partial charge on any atom is 0.126 e. The monoisotopic (exact) mass is 244 g/mol. The second-order valence-corrected chi connectivity index (χ2v) is 5.43. The Hall–Kier alpha value is -0.120. The van der Waals surface area contributed by atoms with E-state index in [0.29, 0.717) is 6.61 Å². The third-order valence-electron chi connectivity index (χ3n) is 3.99. The summed E-state index contributed by atoms with van der Waals surface area (Å²) in [5.41, 5.74) is 0. The van der Waals surface area contributed by atoms with E-state index in [1.807, 2.05) is 0 Å². The highest BCUT2D eigenvalue weighted by Crippen LogP contribution is 2.19.